The highest BCUT2D eigenvalue weighted by atomic mass is 14.8. The Labute approximate surface area is 112 Å². The van der Waals surface area contributed by atoms with E-state index in [2.05, 4.69) is 43.5 Å². The molecular formula is C16H28N2. The van der Waals surface area contributed by atoms with Crippen LogP contribution in [-0.2, 0) is 6.42 Å². The van der Waals surface area contributed by atoms with E-state index in [4.69, 9.17) is 0 Å². The van der Waals surface area contributed by atoms with Gasteiger partial charge in [-0.2, -0.15) is 0 Å². The van der Waals surface area contributed by atoms with Crippen molar-refractivity contribution in [2.24, 2.45) is 0 Å². The number of aryl methyl sites for hydroxylation is 1. The molecule has 2 nitrogen and oxygen atoms in total. The lowest BCUT2D eigenvalue weighted by atomic mass is 9.97. The molecule has 0 saturated heterocycles. The van der Waals surface area contributed by atoms with Gasteiger partial charge in [0.2, 0.25) is 0 Å². The van der Waals surface area contributed by atoms with Gasteiger partial charge in [-0.05, 0) is 89.0 Å². The van der Waals surface area contributed by atoms with E-state index in [1.165, 1.54) is 35.1 Å². The predicted octanol–water partition coefficient (Wildman–Crippen LogP) is 2.74. The van der Waals surface area contributed by atoms with Gasteiger partial charge >= 0.3 is 0 Å². The number of hydrogen-bond acceptors (Lipinski definition) is 2. The van der Waals surface area contributed by atoms with Crippen LogP contribution >= 0.6 is 0 Å². The lowest BCUT2D eigenvalue weighted by molar-refractivity contribution is 0.605. The summed E-state index contributed by atoms with van der Waals surface area (Å²) in [5.74, 6) is 0. The standard InChI is InChI=1S/C16H28N2/c1-13-7-8-16(15(3)14(13)2)9-12-18-11-6-5-10-17-4/h7-8,17-18H,5-6,9-12H2,1-4H3. The summed E-state index contributed by atoms with van der Waals surface area (Å²) in [6.45, 7) is 9.99. The van der Waals surface area contributed by atoms with Crippen LogP contribution in [0.5, 0.6) is 0 Å². The molecule has 18 heavy (non-hydrogen) atoms. The van der Waals surface area contributed by atoms with Crippen molar-refractivity contribution in [1.29, 1.82) is 0 Å². The predicted molar refractivity (Wildman–Crippen MR) is 80.4 cm³/mol. The van der Waals surface area contributed by atoms with E-state index >= 15 is 0 Å². The Kier molecular flexibility index (Phi) is 6.99. The molecule has 1 aromatic rings. The Hall–Kier alpha value is -0.860. The molecule has 0 fully saturated rings. The van der Waals surface area contributed by atoms with E-state index in [9.17, 15) is 0 Å². The van der Waals surface area contributed by atoms with Gasteiger partial charge in [0.1, 0.15) is 0 Å². The number of nitrogens with one attached hydrogen (secondary N) is 2. The summed E-state index contributed by atoms with van der Waals surface area (Å²) in [7, 11) is 2.01. The number of benzene rings is 1. The van der Waals surface area contributed by atoms with Crippen LogP contribution in [0, 0.1) is 20.8 Å². The number of rotatable bonds is 8. The summed E-state index contributed by atoms with van der Waals surface area (Å²) in [5.41, 5.74) is 5.80. The highest BCUT2D eigenvalue weighted by molar-refractivity contribution is 5.38. The van der Waals surface area contributed by atoms with Crippen LogP contribution in [0.2, 0.25) is 0 Å². The van der Waals surface area contributed by atoms with Crippen LogP contribution in [0.15, 0.2) is 12.1 Å². The maximum absolute atomic E-state index is 3.53. The summed E-state index contributed by atoms with van der Waals surface area (Å²) in [6.07, 6.45) is 3.65. The van der Waals surface area contributed by atoms with Gasteiger partial charge in [-0.1, -0.05) is 12.1 Å². The van der Waals surface area contributed by atoms with Crippen molar-refractivity contribution >= 4 is 0 Å². The van der Waals surface area contributed by atoms with Gasteiger partial charge in [-0.25, -0.2) is 0 Å². The van der Waals surface area contributed by atoms with Crippen molar-refractivity contribution in [2.75, 3.05) is 26.7 Å². The first kappa shape index (κ1) is 15.2. The van der Waals surface area contributed by atoms with Crippen molar-refractivity contribution in [3.05, 3.63) is 34.4 Å². The monoisotopic (exact) mass is 248 g/mol. The van der Waals surface area contributed by atoms with Gasteiger partial charge in [0.05, 0.1) is 0 Å². The molecule has 1 aromatic carbocycles. The van der Waals surface area contributed by atoms with Crippen molar-refractivity contribution in [1.82, 2.24) is 10.6 Å². The van der Waals surface area contributed by atoms with Crippen LogP contribution < -0.4 is 10.6 Å². The lowest BCUT2D eigenvalue weighted by Crippen LogP contribution is -2.20. The topological polar surface area (TPSA) is 24.1 Å². The molecule has 2 heteroatoms. The Morgan fingerprint density at radius 2 is 1.61 bits per heavy atom. The third kappa shape index (κ3) is 4.79. The van der Waals surface area contributed by atoms with Crippen molar-refractivity contribution in [3.8, 4) is 0 Å². The Balaban J connectivity index is 2.25. The molecular weight excluding hydrogens is 220 g/mol. The molecule has 0 heterocycles. The molecule has 0 aliphatic rings. The zero-order valence-electron chi connectivity index (χ0n) is 12.4. The van der Waals surface area contributed by atoms with Crippen LogP contribution in [-0.4, -0.2) is 26.7 Å². The molecule has 0 radical (unpaired) electrons. The second-order valence-corrected chi connectivity index (χ2v) is 5.10. The Morgan fingerprint density at radius 1 is 0.889 bits per heavy atom. The first-order valence-corrected chi connectivity index (χ1v) is 7.07. The molecule has 0 unspecified atom stereocenters. The van der Waals surface area contributed by atoms with Gasteiger partial charge in [-0.15, -0.1) is 0 Å². The van der Waals surface area contributed by atoms with Crippen LogP contribution in [0.1, 0.15) is 35.1 Å². The highest BCUT2D eigenvalue weighted by Gasteiger charge is 2.03. The highest BCUT2D eigenvalue weighted by Crippen LogP contribution is 2.17. The van der Waals surface area contributed by atoms with Gasteiger partial charge in [-0.3, -0.25) is 0 Å². The van der Waals surface area contributed by atoms with E-state index in [-0.39, 0.29) is 0 Å². The summed E-state index contributed by atoms with van der Waals surface area (Å²) < 4.78 is 0. The fourth-order valence-electron chi connectivity index (χ4n) is 2.18. The van der Waals surface area contributed by atoms with Crippen molar-refractivity contribution in [2.45, 2.75) is 40.0 Å². The normalized spacial score (nSPS) is 10.9. The van der Waals surface area contributed by atoms with E-state index in [0.717, 1.165) is 26.1 Å². The van der Waals surface area contributed by atoms with E-state index in [0.29, 0.717) is 0 Å². The average molecular weight is 248 g/mol. The second kappa shape index (κ2) is 8.28. The average Bonchev–Trinajstić information content (AvgIpc) is 2.37. The SMILES string of the molecule is CNCCCCNCCc1ccc(C)c(C)c1C. The molecule has 102 valence electrons. The van der Waals surface area contributed by atoms with E-state index in [1.807, 2.05) is 7.05 Å². The summed E-state index contributed by atoms with van der Waals surface area (Å²) in [5, 5.41) is 6.70. The zero-order valence-corrected chi connectivity index (χ0v) is 12.4. The lowest BCUT2D eigenvalue weighted by Gasteiger charge is -2.11. The maximum atomic E-state index is 3.53. The summed E-state index contributed by atoms with van der Waals surface area (Å²) >= 11 is 0. The molecule has 0 atom stereocenters. The first-order valence-electron chi connectivity index (χ1n) is 7.07. The second-order valence-electron chi connectivity index (χ2n) is 5.10. The van der Waals surface area contributed by atoms with Crippen LogP contribution in [0.25, 0.3) is 0 Å². The molecule has 0 aliphatic heterocycles. The molecule has 0 bridgehead atoms. The molecule has 0 saturated carbocycles. The van der Waals surface area contributed by atoms with Crippen LogP contribution in [0.4, 0.5) is 0 Å². The van der Waals surface area contributed by atoms with Gasteiger partial charge in [0.25, 0.3) is 0 Å². The first-order chi connectivity index (χ1) is 8.66. The molecule has 0 amide bonds. The van der Waals surface area contributed by atoms with Crippen LogP contribution in [0.3, 0.4) is 0 Å². The maximum Gasteiger partial charge on any atom is -0.000825 e. The van der Waals surface area contributed by atoms with E-state index in [1.54, 1.807) is 0 Å². The van der Waals surface area contributed by atoms with Gasteiger partial charge in [0.15, 0.2) is 0 Å². The smallest absolute Gasteiger partial charge is 0.000825 e. The fourth-order valence-corrected chi connectivity index (χ4v) is 2.18. The molecule has 0 aliphatic carbocycles. The molecule has 1 rings (SSSR count). The largest absolute Gasteiger partial charge is 0.320 e. The molecule has 2 N–H and O–H groups in total. The van der Waals surface area contributed by atoms with E-state index < -0.39 is 0 Å². The third-order valence-corrected chi connectivity index (χ3v) is 3.77. The minimum atomic E-state index is 1.09. The molecule has 0 spiro atoms. The summed E-state index contributed by atoms with van der Waals surface area (Å²) in [4.78, 5) is 0. The minimum absolute atomic E-state index is 1.09. The third-order valence-electron chi connectivity index (χ3n) is 3.77. The fraction of sp³-hybridized carbons (Fsp3) is 0.625. The Morgan fingerprint density at radius 3 is 2.33 bits per heavy atom. The van der Waals surface area contributed by atoms with Gasteiger partial charge in [0, 0.05) is 0 Å². The molecule has 0 aromatic heterocycles. The van der Waals surface area contributed by atoms with Gasteiger partial charge < -0.3 is 10.6 Å². The van der Waals surface area contributed by atoms with Crippen molar-refractivity contribution < 1.29 is 0 Å². The number of hydrogen-bond donors (Lipinski definition) is 2. The quantitative estimate of drug-likeness (QED) is 0.691. The number of unbranched alkanes of at least 4 members (excludes halogenated alkanes) is 1. The zero-order chi connectivity index (χ0) is 13.4. The summed E-state index contributed by atoms with van der Waals surface area (Å²) in [6, 6.07) is 4.52. The Bertz CT molecular complexity index is 358. The van der Waals surface area contributed by atoms with Crippen molar-refractivity contribution in [3.63, 3.8) is 0 Å². The minimum Gasteiger partial charge on any atom is -0.320 e.